The Hall–Kier alpha value is -2.82. The molecule has 0 saturated heterocycles. The van der Waals surface area contributed by atoms with Gasteiger partial charge >= 0.3 is 0 Å². The molecule has 0 saturated carbocycles. The van der Waals surface area contributed by atoms with Crippen LogP contribution in [0.15, 0.2) is 36.4 Å². The quantitative estimate of drug-likeness (QED) is 0.798. The molecule has 24 heavy (non-hydrogen) atoms. The van der Waals surface area contributed by atoms with Gasteiger partial charge in [-0.05, 0) is 42.3 Å². The van der Waals surface area contributed by atoms with Crippen LogP contribution in [-0.4, -0.2) is 24.6 Å². The number of rotatable bonds is 3. The largest absolute Gasteiger partial charge is 0.497 e. The van der Waals surface area contributed by atoms with Crippen molar-refractivity contribution in [3.8, 4) is 16.9 Å². The molecule has 1 N–H and O–H groups in total. The molecule has 5 heteroatoms. The highest BCUT2D eigenvalue weighted by atomic mass is 19.1. The molecule has 0 radical (unpaired) electrons. The van der Waals surface area contributed by atoms with Gasteiger partial charge in [0, 0.05) is 25.0 Å². The van der Waals surface area contributed by atoms with E-state index in [4.69, 9.17) is 4.74 Å². The Bertz CT molecular complexity index is 927. The van der Waals surface area contributed by atoms with Crippen LogP contribution in [-0.2, 0) is 7.05 Å². The predicted molar refractivity (Wildman–Crippen MR) is 93.0 cm³/mol. The summed E-state index contributed by atoms with van der Waals surface area (Å²) >= 11 is 0. The standard InChI is InChI=1S/C19H19FN2O2/c1-11-15-9-13(20)10-16(12-5-7-14(24-4)8-6-12)18(15)22(3)17(11)19(23)21-2/h5-10H,1-4H3,(H,21,23). The van der Waals surface area contributed by atoms with Crippen molar-refractivity contribution < 1.29 is 13.9 Å². The summed E-state index contributed by atoms with van der Waals surface area (Å²) in [5.41, 5.74) is 3.74. The molecule has 0 spiro atoms. The summed E-state index contributed by atoms with van der Waals surface area (Å²) in [4.78, 5) is 12.2. The van der Waals surface area contributed by atoms with Crippen LogP contribution in [0.2, 0.25) is 0 Å². The number of methoxy groups -OCH3 is 1. The lowest BCUT2D eigenvalue weighted by Crippen LogP contribution is -2.21. The molecule has 0 aliphatic heterocycles. The third kappa shape index (κ3) is 2.42. The van der Waals surface area contributed by atoms with Crippen LogP contribution in [0.1, 0.15) is 16.1 Å². The second-order valence-electron chi connectivity index (χ2n) is 5.69. The molecule has 2 aromatic carbocycles. The van der Waals surface area contributed by atoms with Crippen molar-refractivity contribution in [1.29, 1.82) is 0 Å². The molecule has 3 aromatic rings. The van der Waals surface area contributed by atoms with E-state index in [0.29, 0.717) is 5.69 Å². The van der Waals surface area contributed by atoms with Crippen molar-refractivity contribution in [3.63, 3.8) is 0 Å². The second kappa shape index (κ2) is 6.00. The van der Waals surface area contributed by atoms with Crippen molar-refractivity contribution in [2.24, 2.45) is 7.05 Å². The second-order valence-corrected chi connectivity index (χ2v) is 5.69. The van der Waals surface area contributed by atoms with Gasteiger partial charge < -0.3 is 14.6 Å². The van der Waals surface area contributed by atoms with Gasteiger partial charge in [0.15, 0.2) is 0 Å². The summed E-state index contributed by atoms with van der Waals surface area (Å²) < 4.78 is 21.2. The van der Waals surface area contributed by atoms with Crippen LogP contribution < -0.4 is 10.1 Å². The molecule has 0 aliphatic rings. The lowest BCUT2D eigenvalue weighted by molar-refractivity contribution is 0.0955. The first-order valence-electron chi connectivity index (χ1n) is 7.63. The number of nitrogens with one attached hydrogen (secondary N) is 1. The number of carbonyl (C=O) groups excluding carboxylic acids is 1. The van der Waals surface area contributed by atoms with Crippen LogP contribution in [0.4, 0.5) is 4.39 Å². The average molecular weight is 326 g/mol. The number of hydrogen-bond acceptors (Lipinski definition) is 2. The number of ether oxygens (including phenoxy) is 1. The lowest BCUT2D eigenvalue weighted by atomic mass is 10.0. The summed E-state index contributed by atoms with van der Waals surface area (Å²) in [5.74, 6) is 0.221. The molecule has 1 heterocycles. The Balaban J connectivity index is 2.33. The zero-order valence-corrected chi connectivity index (χ0v) is 14.1. The van der Waals surface area contributed by atoms with E-state index in [-0.39, 0.29) is 11.7 Å². The van der Waals surface area contributed by atoms with Gasteiger partial charge in [0.1, 0.15) is 17.3 Å². The van der Waals surface area contributed by atoms with Gasteiger partial charge in [-0.3, -0.25) is 4.79 Å². The van der Waals surface area contributed by atoms with Gasteiger partial charge in [0.2, 0.25) is 0 Å². The maximum Gasteiger partial charge on any atom is 0.267 e. The fourth-order valence-corrected chi connectivity index (χ4v) is 3.17. The van der Waals surface area contributed by atoms with E-state index in [0.717, 1.165) is 33.3 Å². The van der Waals surface area contributed by atoms with E-state index in [2.05, 4.69) is 5.32 Å². The van der Waals surface area contributed by atoms with Crippen LogP contribution in [0.3, 0.4) is 0 Å². The van der Waals surface area contributed by atoms with Crippen LogP contribution >= 0.6 is 0 Å². The van der Waals surface area contributed by atoms with Gasteiger partial charge in [0.05, 0.1) is 12.6 Å². The molecule has 0 bridgehead atoms. The third-order valence-corrected chi connectivity index (χ3v) is 4.35. The molecule has 1 aromatic heterocycles. The number of hydrogen-bond donors (Lipinski definition) is 1. The maximum absolute atomic E-state index is 14.2. The zero-order valence-electron chi connectivity index (χ0n) is 14.1. The first kappa shape index (κ1) is 16.1. The number of benzene rings is 2. The number of fused-ring (bicyclic) bond motifs is 1. The number of nitrogens with zero attached hydrogens (tertiary/aromatic N) is 1. The minimum absolute atomic E-state index is 0.188. The lowest BCUT2D eigenvalue weighted by Gasteiger charge is -2.09. The molecule has 1 amide bonds. The number of carbonyl (C=O) groups is 1. The molecule has 3 rings (SSSR count). The maximum atomic E-state index is 14.2. The molecule has 0 fully saturated rings. The highest BCUT2D eigenvalue weighted by Crippen LogP contribution is 2.35. The summed E-state index contributed by atoms with van der Waals surface area (Å²) in [6.45, 7) is 1.84. The normalized spacial score (nSPS) is 10.9. The van der Waals surface area contributed by atoms with Crippen LogP contribution in [0.5, 0.6) is 5.75 Å². The smallest absolute Gasteiger partial charge is 0.267 e. The first-order valence-corrected chi connectivity index (χ1v) is 7.63. The van der Waals surface area contributed by atoms with E-state index in [1.54, 1.807) is 14.2 Å². The molecule has 124 valence electrons. The van der Waals surface area contributed by atoms with Crippen LogP contribution in [0.25, 0.3) is 22.0 Å². The number of amides is 1. The fourth-order valence-electron chi connectivity index (χ4n) is 3.17. The Kier molecular flexibility index (Phi) is 4.01. The fraction of sp³-hybridized carbons (Fsp3) is 0.211. The predicted octanol–water partition coefficient (Wildman–Crippen LogP) is 3.66. The van der Waals surface area contributed by atoms with E-state index < -0.39 is 0 Å². The number of halogens is 1. The summed E-state index contributed by atoms with van der Waals surface area (Å²) in [6.07, 6.45) is 0. The Morgan fingerprint density at radius 3 is 2.46 bits per heavy atom. The summed E-state index contributed by atoms with van der Waals surface area (Å²) in [5, 5.41) is 3.38. The number of aryl methyl sites for hydroxylation is 2. The van der Waals surface area contributed by atoms with E-state index >= 15 is 0 Å². The first-order chi connectivity index (χ1) is 11.5. The highest BCUT2D eigenvalue weighted by molar-refractivity contribution is 6.05. The minimum atomic E-state index is -0.328. The van der Waals surface area contributed by atoms with E-state index in [1.807, 2.05) is 42.8 Å². The summed E-state index contributed by atoms with van der Waals surface area (Å²) in [6, 6.07) is 10.4. The topological polar surface area (TPSA) is 43.3 Å². The van der Waals surface area contributed by atoms with Crippen molar-refractivity contribution in [3.05, 3.63) is 53.5 Å². The average Bonchev–Trinajstić information content (AvgIpc) is 2.84. The Morgan fingerprint density at radius 1 is 1.21 bits per heavy atom. The van der Waals surface area contributed by atoms with Gasteiger partial charge in [-0.15, -0.1) is 0 Å². The molecular formula is C19H19FN2O2. The molecule has 4 nitrogen and oxygen atoms in total. The molecule has 0 atom stereocenters. The molecular weight excluding hydrogens is 307 g/mol. The third-order valence-electron chi connectivity index (χ3n) is 4.35. The Morgan fingerprint density at radius 2 is 1.88 bits per heavy atom. The van der Waals surface area contributed by atoms with E-state index in [9.17, 15) is 9.18 Å². The van der Waals surface area contributed by atoms with Gasteiger partial charge in [0.25, 0.3) is 5.91 Å². The van der Waals surface area contributed by atoms with Crippen molar-refractivity contribution in [2.45, 2.75) is 6.92 Å². The zero-order chi connectivity index (χ0) is 17.4. The van der Waals surface area contributed by atoms with Crippen molar-refractivity contribution in [2.75, 3.05) is 14.2 Å². The highest BCUT2D eigenvalue weighted by Gasteiger charge is 2.21. The van der Waals surface area contributed by atoms with Gasteiger partial charge in [-0.2, -0.15) is 0 Å². The van der Waals surface area contributed by atoms with Crippen molar-refractivity contribution >= 4 is 16.8 Å². The van der Waals surface area contributed by atoms with Crippen molar-refractivity contribution in [1.82, 2.24) is 9.88 Å². The van der Waals surface area contributed by atoms with Gasteiger partial charge in [-0.1, -0.05) is 12.1 Å². The van der Waals surface area contributed by atoms with Crippen LogP contribution in [0, 0.1) is 12.7 Å². The Labute approximate surface area is 139 Å². The molecule has 0 aliphatic carbocycles. The monoisotopic (exact) mass is 326 g/mol. The number of aromatic nitrogens is 1. The van der Waals surface area contributed by atoms with E-state index in [1.165, 1.54) is 12.1 Å². The molecule has 0 unspecified atom stereocenters. The SMILES string of the molecule is CNC(=O)c1c(C)c2cc(F)cc(-c3ccc(OC)cc3)c2n1C. The summed E-state index contributed by atoms with van der Waals surface area (Å²) in [7, 11) is 5.01. The van der Waals surface area contributed by atoms with Gasteiger partial charge in [-0.25, -0.2) is 4.39 Å². The minimum Gasteiger partial charge on any atom is -0.497 e.